The lowest BCUT2D eigenvalue weighted by Gasteiger charge is -2.24. The van der Waals surface area contributed by atoms with Crippen molar-refractivity contribution in [1.29, 1.82) is 0 Å². The molecular weight excluding hydrogens is 900 g/mol. The molecule has 0 unspecified atom stereocenters. The van der Waals surface area contributed by atoms with Crippen molar-refractivity contribution >= 4 is 55.2 Å². The number of hydrogen-bond acceptors (Lipinski definition) is 7. The van der Waals surface area contributed by atoms with Gasteiger partial charge in [-0.25, -0.2) is 39.7 Å². The van der Waals surface area contributed by atoms with E-state index in [1.165, 1.54) is 60.3 Å². The van der Waals surface area contributed by atoms with Gasteiger partial charge in [0.15, 0.2) is 5.82 Å². The summed E-state index contributed by atoms with van der Waals surface area (Å²) in [6, 6.07) is 13.3. The Morgan fingerprint density at radius 2 is 1.67 bits per heavy atom. The summed E-state index contributed by atoms with van der Waals surface area (Å²) in [7, 11) is -2.53. The van der Waals surface area contributed by atoms with Crippen LogP contribution in [0.1, 0.15) is 65.1 Å². The van der Waals surface area contributed by atoms with Gasteiger partial charge in [0, 0.05) is 36.6 Å². The molecular formula is C42H31ClF8N8O4S. The minimum atomic E-state index is -3.95. The van der Waals surface area contributed by atoms with Gasteiger partial charge in [-0.1, -0.05) is 35.9 Å². The fourth-order valence-corrected chi connectivity index (χ4v) is 9.35. The van der Waals surface area contributed by atoms with Gasteiger partial charge in [-0.15, -0.1) is 0 Å². The van der Waals surface area contributed by atoms with E-state index < -0.39 is 94.1 Å². The molecule has 0 spiro atoms. The van der Waals surface area contributed by atoms with E-state index in [1.807, 2.05) is 0 Å². The highest BCUT2D eigenvalue weighted by Gasteiger charge is 2.67. The Kier molecular flexibility index (Phi) is 10.3. The molecule has 1 amide bonds. The van der Waals surface area contributed by atoms with Crippen molar-refractivity contribution in [1.82, 2.24) is 34.4 Å². The minimum Gasteiger partial charge on any atom is -0.344 e. The zero-order chi connectivity index (χ0) is 45.7. The summed E-state index contributed by atoms with van der Waals surface area (Å²) >= 11 is 6.61. The molecule has 7 aromatic rings. The number of amides is 1. The van der Waals surface area contributed by atoms with Crippen LogP contribution in [0, 0.1) is 17.6 Å². The van der Waals surface area contributed by atoms with E-state index >= 15 is 13.6 Å². The maximum atomic E-state index is 15.5. The van der Waals surface area contributed by atoms with E-state index in [9.17, 15) is 39.6 Å². The SMILES string of the molecule is Cn1nc(NS(C)(=O)=O)c2c(Cl)ccc(-n3c([C@H](Cc4cc(F)cc(F)c4)NC(=O)Cn4nc(C(F)F)c5c4C(F)(F)[C@@H]4C[C@H]54)nc4cc(-c5cccc(C(F)F)c5)ccc4c3=O)c21. The third kappa shape index (κ3) is 7.52. The lowest BCUT2D eigenvalue weighted by atomic mass is 10.0. The lowest BCUT2D eigenvalue weighted by Crippen LogP contribution is -2.38. The molecule has 332 valence electrons. The molecule has 3 aromatic heterocycles. The van der Waals surface area contributed by atoms with Gasteiger partial charge in [0.2, 0.25) is 15.9 Å². The normalized spacial score (nSPS) is 17.0. The van der Waals surface area contributed by atoms with Gasteiger partial charge in [-0.3, -0.25) is 28.2 Å². The molecule has 1 saturated carbocycles. The van der Waals surface area contributed by atoms with Crippen LogP contribution in [0.5, 0.6) is 0 Å². The molecule has 0 radical (unpaired) electrons. The van der Waals surface area contributed by atoms with E-state index in [2.05, 4.69) is 20.2 Å². The number of nitrogens with one attached hydrogen (secondary N) is 2. The van der Waals surface area contributed by atoms with Crippen molar-refractivity contribution in [3.63, 3.8) is 0 Å². The zero-order valence-corrected chi connectivity index (χ0v) is 34.6. The van der Waals surface area contributed by atoms with E-state index in [4.69, 9.17) is 16.6 Å². The van der Waals surface area contributed by atoms with Gasteiger partial charge < -0.3 is 5.32 Å². The van der Waals surface area contributed by atoms with Crippen LogP contribution in [0.15, 0.2) is 77.6 Å². The van der Waals surface area contributed by atoms with Crippen LogP contribution in [-0.2, 0) is 40.8 Å². The summed E-state index contributed by atoms with van der Waals surface area (Å²) in [6.07, 6.45) is -5.74. The first kappa shape index (κ1) is 42.9. The smallest absolute Gasteiger partial charge is 0.293 e. The first-order chi connectivity index (χ1) is 30.2. The van der Waals surface area contributed by atoms with Crippen molar-refractivity contribution < 1.29 is 48.3 Å². The molecule has 3 heterocycles. The van der Waals surface area contributed by atoms with Crippen molar-refractivity contribution in [2.75, 3.05) is 11.0 Å². The number of rotatable bonds is 12. The second kappa shape index (κ2) is 15.4. The number of fused-ring (bicyclic) bond motifs is 5. The minimum absolute atomic E-state index is 0.0125. The van der Waals surface area contributed by atoms with E-state index in [-0.39, 0.29) is 67.3 Å². The van der Waals surface area contributed by atoms with Gasteiger partial charge in [-0.05, 0) is 71.5 Å². The molecule has 3 atom stereocenters. The summed E-state index contributed by atoms with van der Waals surface area (Å²) in [5.74, 6) is -9.41. The molecule has 2 aliphatic carbocycles. The highest BCUT2D eigenvalue weighted by Crippen LogP contribution is 2.68. The molecule has 12 nitrogen and oxygen atoms in total. The topological polar surface area (TPSA) is 146 Å². The largest absolute Gasteiger partial charge is 0.344 e. The first-order valence-corrected chi connectivity index (χ1v) is 21.6. The van der Waals surface area contributed by atoms with Crippen LogP contribution in [0.2, 0.25) is 5.02 Å². The lowest BCUT2D eigenvalue weighted by molar-refractivity contribution is -0.123. The third-order valence-electron chi connectivity index (χ3n) is 11.3. The number of aryl methyl sites for hydroxylation is 1. The molecule has 22 heteroatoms. The average Bonchev–Trinajstić information content (AvgIpc) is 3.75. The first-order valence-electron chi connectivity index (χ1n) is 19.3. The second-order valence-electron chi connectivity index (χ2n) is 15.7. The van der Waals surface area contributed by atoms with Gasteiger partial charge in [0.05, 0.1) is 44.8 Å². The fraction of sp³-hybridized carbons (Fsp3) is 0.262. The highest BCUT2D eigenvalue weighted by molar-refractivity contribution is 7.92. The quantitative estimate of drug-likeness (QED) is 0.117. The predicted molar refractivity (Wildman–Crippen MR) is 218 cm³/mol. The van der Waals surface area contributed by atoms with Crippen LogP contribution in [0.4, 0.5) is 40.9 Å². The summed E-state index contributed by atoms with van der Waals surface area (Å²) in [5.41, 5.74) is -2.65. The van der Waals surface area contributed by atoms with Crippen molar-refractivity contribution in [3.8, 4) is 16.8 Å². The Hall–Kier alpha value is -6.35. The maximum absolute atomic E-state index is 15.5. The van der Waals surface area contributed by atoms with Crippen molar-refractivity contribution in [3.05, 3.63) is 134 Å². The van der Waals surface area contributed by atoms with E-state index in [1.54, 1.807) is 6.07 Å². The Morgan fingerprint density at radius 1 is 0.953 bits per heavy atom. The van der Waals surface area contributed by atoms with Crippen LogP contribution in [-0.4, -0.2) is 49.7 Å². The summed E-state index contributed by atoms with van der Waals surface area (Å²) < 4.78 is 146. The second-order valence-corrected chi connectivity index (χ2v) is 17.8. The van der Waals surface area contributed by atoms with Crippen LogP contribution >= 0.6 is 11.6 Å². The van der Waals surface area contributed by atoms with Crippen molar-refractivity contribution in [2.45, 2.75) is 50.1 Å². The molecule has 2 N–H and O–H groups in total. The number of sulfonamides is 1. The predicted octanol–water partition coefficient (Wildman–Crippen LogP) is 8.62. The zero-order valence-electron chi connectivity index (χ0n) is 33.1. The van der Waals surface area contributed by atoms with Crippen LogP contribution in [0.3, 0.4) is 0 Å². The summed E-state index contributed by atoms with van der Waals surface area (Å²) in [6.45, 7) is -1.03. The van der Waals surface area contributed by atoms with Crippen LogP contribution < -0.4 is 15.6 Å². The van der Waals surface area contributed by atoms with E-state index in [0.717, 1.165) is 23.0 Å². The Balaban J connectivity index is 1.26. The van der Waals surface area contributed by atoms with Crippen molar-refractivity contribution in [2.24, 2.45) is 13.0 Å². The van der Waals surface area contributed by atoms with Gasteiger partial charge in [-0.2, -0.15) is 19.0 Å². The van der Waals surface area contributed by atoms with Gasteiger partial charge >= 0.3 is 0 Å². The molecule has 64 heavy (non-hydrogen) atoms. The molecule has 9 rings (SSSR count). The number of benzene rings is 4. The summed E-state index contributed by atoms with van der Waals surface area (Å²) in [4.78, 5) is 34.0. The molecule has 1 fully saturated rings. The maximum Gasteiger partial charge on any atom is 0.293 e. The number of carbonyl (C=O) groups is 1. The van der Waals surface area contributed by atoms with E-state index in [0.29, 0.717) is 21.9 Å². The standard InChI is InChI=1S/C42H31ClF8N8O4S/c1-57-35-30(9-8-27(43)33(35)39(55-57)56-64(2,62)63)59-40(53-28-14-20(6-7-24(28)41(59)61)19-4-3-5-21(13-19)37(46)47)29(12-18-10-22(44)15-23(45)11-18)52-31(60)17-58-36-32(34(54-58)38(48)49)25-16-26(25)42(36,50)51/h3-11,13-15,25-26,29,37-38H,12,16-17H2,1-2H3,(H,52,60)(H,55,56)/t25-,26+,29-/m0/s1. The number of alkyl halides is 6. The number of halogens is 9. The number of hydrogen-bond donors (Lipinski definition) is 2. The monoisotopic (exact) mass is 930 g/mol. The van der Waals surface area contributed by atoms with Crippen LogP contribution in [0.25, 0.3) is 38.6 Å². The van der Waals surface area contributed by atoms with Gasteiger partial charge in [0.25, 0.3) is 24.3 Å². The Morgan fingerprint density at radius 3 is 2.36 bits per heavy atom. The number of nitrogens with zero attached hydrogens (tertiary/aromatic N) is 6. The Bertz CT molecular complexity index is 3250. The van der Waals surface area contributed by atoms with Gasteiger partial charge in [0.1, 0.15) is 35.4 Å². The number of aromatic nitrogens is 6. The average molecular weight is 931 g/mol. The molecule has 0 aliphatic heterocycles. The number of anilines is 1. The number of carbonyl (C=O) groups excluding carboxylic acids is 1. The molecule has 2 aliphatic rings. The fourth-order valence-electron chi connectivity index (χ4n) is 8.61. The molecule has 0 bridgehead atoms. The third-order valence-corrected chi connectivity index (χ3v) is 12.2. The summed E-state index contributed by atoms with van der Waals surface area (Å²) in [5, 5.41) is 10.5. The highest BCUT2D eigenvalue weighted by atomic mass is 35.5. The molecule has 4 aromatic carbocycles. The molecule has 0 saturated heterocycles. The Labute approximate surface area is 361 Å².